The fraction of sp³-hybridized carbons (Fsp3) is 0.242. The molecule has 7 heteroatoms. The third-order valence-corrected chi connectivity index (χ3v) is 8.38. The predicted octanol–water partition coefficient (Wildman–Crippen LogP) is 6.01. The number of carboxylic acid groups (broad SMARTS) is 1. The number of carboxylic acids is 1. The zero-order chi connectivity index (χ0) is 28.0. The first-order valence-corrected chi connectivity index (χ1v) is 13.4. The van der Waals surface area contributed by atoms with Crippen LogP contribution in [0.2, 0.25) is 0 Å². The maximum Gasteiger partial charge on any atom is 0.340 e. The Balaban J connectivity index is 1.29. The van der Waals surface area contributed by atoms with Gasteiger partial charge >= 0.3 is 11.6 Å². The second kappa shape index (κ2) is 9.83. The third-order valence-electron chi connectivity index (χ3n) is 8.38. The molecule has 6 rings (SSSR count). The van der Waals surface area contributed by atoms with Crippen LogP contribution in [-0.4, -0.2) is 35.0 Å². The van der Waals surface area contributed by atoms with E-state index in [4.69, 9.17) is 8.83 Å². The molecule has 1 N–H and O–H groups in total. The minimum absolute atomic E-state index is 0.107. The fourth-order valence-electron chi connectivity index (χ4n) is 5.86. The van der Waals surface area contributed by atoms with Crippen molar-refractivity contribution >= 4 is 33.8 Å². The third kappa shape index (κ3) is 4.28. The Kier molecular flexibility index (Phi) is 6.29. The van der Waals surface area contributed by atoms with Crippen LogP contribution >= 0.6 is 0 Å². The van der Waals surface area contributed by atoms with E-state index in [-0.39, 0.29) is 12.3 Å². The van der Waals surface area contributed by atoms with E-state index < -0.39 is 17.0 Å². The van der Waals surface area contributed by atoms with E-state index >= 15 is 0 Å². The molecule has 0 saturated carbocycles. The monoisotopic (exact) mass is 535 g/mol. The molecule has 5 aromatic rings. The van der Waals surface area contributed by atoms with Gasteiger partial charge in [-0.25, -0.2) is 4.79 Å². The van der Waals surface area contributed by atoms with Gasteiger partial charge in [0.05, 0.1) is 23.7 Å². The van der Waals surface area contributed by atoms with Crippen LogP contribution in [-0.2, 0) is 21.4 Å². The normalized spacial score (nSPS) is 15.0. The summed E-state index contributed by atoms with van der Waals surface area (Å²) in [5.41, 5.74) is 4.32. The van der Waals surface area contributed by atoms with Gasteiger partial charge in [-0.3, -0.25) is 9.59 Å². The Labute approximate surface area is 230 Å². The lowest BCUT2D eigenvalue weighted by atomic mass is 9.73. The molecule has 0 bridgehead atoms. The second-order valence-electron chi connectivity index (χ2n) is 10.7. The fourth-order valence-corrected chi connectivity index (χ4v) is 5.86. The number of carbonyl (C=O) groups excluding carboxylic acids is 1. The number of aliphatic carboxylic acids is 1. The summed E-state index contributed by atoms with van der Waals surface area (Å²) in [5, 5.41) is 11.7. The Morgan fingerprint density at radius 1 is 0.925 bits per heavy atom. The highest BCUT2D eigenvalue weighted by Gasteiger charge is 2.43. The predicted molar refractivity (Wildman–Crippen MR) is 152 cm³/mol. The van der Waals surface area contributed by atoms with Gasteiger partial charge in [-0.05, 0) is 49.4 Å². The minimum Gasteiger partial charge on any atom is -0.481 e. The van der Waals surface area contributed by atoms with E-state index in [1.807, 2.05) is 74.5 Å². The van der Waals surface area contributed by atoms with Crippen LogP contribution in [0.3, 0.4) is 0 Å². The molecule has 1 aliphatic heterocycles. The molecule has 0 radical (unpaired) electrons. The molecule has 2 aromatic heterocycles. The van der Waals surface area contributed by atoms with Crippen LogP contribution < -0.4 is 5.63 Å². The average Bonchev–Trinajstić information content (AvgIpc) is 3.38. The summed E-state index contributed by atoms with van der Waals surface area (Å²) in [6.07, 6.45) is 2.21. The van der Waals surface area contributed by atoms with Crippen LogP contribution in [0.25, 0.3) is 33.1 Å². The first-order valence-electron chi connectivity index (χ1n) is 13.4. The van der Waals surface area contributed by atoms with E-state index in [0.717, 1.165) is 33.0 Å². The van der Waals surface area contributed by atoms with Gasteiger partial charge in [0.25, 0.3) is 0 Å². The Hall–Kier alpha value is -4.65. The van der Waals surface area contributed by atoms with Crippen molar-refractivity contribution in [1.82, 2.24) is 4.90 Å². The van der Waals surface area contributed by atoms with Crippen LogP contribution in [0, 0.1) is 13.8 Å². The number of aryl methyl sites for hydroxylation is 2. The highest BCUT2D eigenvalue weighted by atomic mass is 16.4. The maximum absolute atomic E-state index is 13.3. The highest BCUT2D eigenvalue weighted by Crippen LogP contribution is 2.37. The van der Waals surface area contributed by atoms with Crippen LogP contribution in [0.1, 0.15) is 35.1 Å². The SMILES string of the molecule is Cc1ccc(-c2coc3cc4oc(=O)c(CC(=O)N5CCC(C(=O)O)(c6ccccc6)CC5)c(C)c4cc23)cc1. The average molecular weight is 536 g/mol. The molecule has 1 saturated heterocycles. The summed E-state index contributed by atoms with van der Waals surface area (Å²) in [6.45, 7) is 4.47. The lowest BCUT2D eigenvalue weighted by Gasteiger charge is -2.39. The number of amides is 1. The van der Waals surface area contributed by atoms with E-state index in [1.165, 1.54) is 0 Å². The number of fused-ring (bicyclic) bond motifs is 2. The van der Waals surface area contributed by atoms with Crippen molar-refractivity contribution in [2.45, 2.75) is 38.5 Å². The number of benzene rings is 3. The van der Waals surface area contributed by atoms with Crippen LogP contribution in [0.5, 0.6) is 0 Å². The summed E-state index contributed by atoms with van der Waals surface area (Å²) in [6, 6.07) is 21.0. The van der Waals surface area contributed by atoms with Crippen molar-refractivity contribution in [2.24, 2.45) is 0 Å². The molecule has 1 aliphatic rings. The molecule has 202 valence electrons. The van der Waals surface area contributed by atoms with E-state index in [9.17, 15) is 19.5 Å². The van der Waals surface area contributed by atoms with Crippen molar-refractivity contribution in [3.63, 3.8) is 0 Å². The molecular weight excluding hydrogens is 506 g/mol. The summed E-state index contributed by atoms with van der Waals surface area (Å²) in [5.74, 6) is -1.10. The summed E-state index contributed by atoms with van der Waals surface area (Å²) < 4.78 is 11.5. The van der Waals surface area contributed by atoms with Crippen molar-refractivity contribution < 1.29 is 23.5 Å². The molecule has 1 fully saturated rings. The first kappa shape index (κ1) is 25.6. The number of likely N-dealkylation sites (tertiary alicyclic amines) is 1. The van der Waals surface area contributed by atoms with Gasteiger partial charge in [0.15, 0.2) is 0 Å². The van der Waals surface area contributed by atoms with Crippen molar-refractivity contribution in [1.29, 1.82) is 0 Å². The van der Waals surface area contributed by atoms with Gasteiger partial charge in [0, 0.05) is 35.5 Å². The summed E-state index contributed by atoms with van der Waals surface area (Å²) in [7, 11) is 0. The Morgan fingerprint density at radius 3 is 2.30 bits per heavy atom. The first-order chi connectivity index (χ1) is 19.3. The number of nitrogens with zero attached hydrogens (tertiary/aromatic N) is 1. The molecule has 40 heavy (non-hydrogen) atoms. The molecule has 0 unspecified atom stereocenters. The topological polar surface area (TPSA) is 101 Å². The zero-order valence-corrected chi connectivity index (χ0v) is 22.4. The number of hydrogen-bond acceptors (Lipinski definition) is 5. The lowest BCUT2D eigenvalue weighted by Crippen LogP contribution is -2.49. The molecule has 0 atom stereocenters. The molecule has 3 heterocycles. The van der Waals surface area contributed by atoms with Crippen LogP contribution in [0.15, 0.2) is 86.6 Å². The number of hydrogen-bond donors (Lipinski definition) is 1. The second-order valence-corrected chi connectivity index (χ2v) is 10.7. The van der Waals surface area contributed by atoms with Gasteiger partial charge in [-0.2, -0.15) is 0 Å². The van der Waals surface area contributed by atoms with E-state index in [2.05, 4.69) is 0 Å². The lowest BCUT2D eigenvalue weighted by molar-refractivity contribution is -0.148. The standard InChI is InChI=1S/C33H29NO6/c1-20-8-10-22(11-9-20)27-19-39-28-18-29-24(16-26(27)28)21(2)25(31(36)40-29)17-30(35)34-14-12-33(13-15-34,32(37)38)23-6-4-3-5-7-23/h3-11,16,18-19H,12-15,17H2,1-2H3,(H,37,38). The van der Waals surface area contributed by atoms with E-state index in [1.54, 1.807) is 17.2 Å². The minimum atomic E-state index is -1.03. The number of carbonyl (C=O) groups is 2. The van der Waals surface area contributed by atoms with Gasteiger partial charge in [0.2, 0.25) is 5.91 Å². The Bertz CT molecular complexity index is 1810. The summed E-state index contributed by atoms with van der Waals surface area (Å²) in [4.78, 5) is 40.3. The van der Waals surface area contributed by atoms with Crippen LogP contribution in [0.4, 0.5) is 0 Å². The van der Waals surface area contributed by atoms with Crippen molar-refractivity contribution in [3.8, 4) is 11.1 Å². The van der Waals surface area contributed by atoms with Gasteiger partial charge in [0.1, 0.15) is 11.2 Å². The highest BCUT2D eigenvalue weighted by molar-refractivity contribution is 6.02. The molecule has 7 nitrogen and oxygen atoms in total. The largest absolute Gasteiger partial charge is 0.481 e. The molecule has 1 amide bonds. The molecule has 0 spiro atoms. The number of furan rings is 1. The van der Waals surface area contributed by atoms with E-state index in [0.29, 0.717) is 48.2 Å². The Morgan fingerprint density at radius 2 is 1.62 bits per heavy atom. The van der Waals surface area contributed by atoms with Gasteiger partial charge in [-0.1, -0.05) is 60.2 Å². The maximum atomic E-state index is 13.3. The molecule has 3 aromatic carbocycles. The number of piperidine rings is 1. The van der Waals surface area contributed by atoms with Crippen molar-refractivity contribution in [2.75, 3.05) is 13.1 Å². The quantitative estimate of drug-likeness (QED) is 0.277. The number of rotatable bonds is 5. The summed E-state index contributed by atoms with van der Waals surface area (Å²) >= 11 is 0. The molecule has 0 aliphatic carbocycles. The van der Waals surface area contributed by atoms with Gasteiger partial charge < -0.3 is 18.8 Å². The smallest absolute Gasteiger partial charge is 0.340 e. The molecular formula is C33H29NO6. The zero-order valence-electron chi connectivity index (χ0n) is 22.4. The van der Waals surface area contributed by atoms with Gasteiger partial charge in [-0.15, -0.1) is 0 Å². The van der Waals surface area contributed by atoms with Crippen molar-refractivity contribution in [3.05, 3.63) is 106 Å².